The molecule has 1 atom stereocenters. The average molecular weight is 322 g/mol. The summed E-state index contributed by atoms with van der Waals surface area (Å²) in [6, 6.07) is 5.67. The van der Waals surface area contributed by atoms with Gasteiger partial charge in [0.25, 0.3) is 0 Å². The van der Waals surface area contributed by atoms with E-state index in [1.165, 1.54) is 0 Å². The fraction of sp³-hybridized carbons (Fsp3) is 0.562. The van der Waals surface area contributed by atoms with Crippen LogP contribution in [0.4, 0.5) is 0 Å². The fourth-order valence-electron chi connectivity index (χ4n) is 2.69. The van der Waals surface area contributed by atoms with Gasteiger partial charge in [-0.25, -0.2) is 0 Å². The van der Waals surface area contributed by atoms with Crippen LogP contribution in [0.1, 0.15) is 12.0 Å². The highest BCUT2D eigenvalue weighted by Gasteiger charge is 2.17. The van der Waals surface area contributed by atoms with Gasteiger partial charge in [-0.1, -0.05) is 6.07 Å². The van der Waals surface area contributed by atoms with Crippen molar-refractivity contribution in [1.82, 2.24) is 10.2 Å². The van der Waals surface area contributed by atoms with Gasteiger partial charge in [0.05, 0.1) is 19.3 Å². The van der Waals surface area contributed by atoms with Crippen LogP contribution >= 0.6 is 0 Å². The topological polar surface area (TPSA) is 80.3 Å². The van der Waals surface area contributed by atoms with E-state index in [9.17, 15) is 9.90 Å². The predicted molar refractivity (Wildman–Crippen MR) is 82.3 cm³/mol. The lowest BCUT2D eigenvalue weighted by Crippen LogP contribution is -2.37. The molecule has 0 saturated carbocycles. The van der Waals surface area contributed by atoms with Crippen molar-refractivity contribution in [3.8, 4) is 11.5 Å². The third-order valence-electron chi connectivity index (χ3n) is 3.89. The summed E-state index contributed by atoms with van der Waals surface area (Å²) < 4.78 is 16.2. The van der Waals surface area contributed by atoms with Gasteiger partial charge in [0.1, 0.15) is 0 Å². The first-order valence-corrected chi connectivity index (χ1v) is 7.84. The van der Waals surface area contributed by atoms with Crippen molar-refractivity contribution < 1.29 is 24.1 Å². The quantitative estimate of drug-likeness (QED) is 0.774. The number of β-amino-alcohol motifs (C(OH)–C–C–N with tert-alkyl or cyclic N) is 1. The molecule has 2 N–H and O–H groups in total. The van der Waals surface area contributed by atoms with Crippen molar-refractivity contribution in [3.63, 3.8) is 0 Å². The molecule has 3 rings (SSSR count). The molecule has 0 bridgehead atoms. The van der Waals surface area contributed by atoms with Gasteiger partial charge < -0.3 is 24.6 Å². The Morgan fingerprint density at radius 3 is 3.09 bits per heavy atom. The fourth-order valence-corrected chi connectivity index (χ4v) is 2.69. The second kappa shape index (κ2) is 7.63. The van der Waals surface area contributed by atoms with Gasteiger partial charge in [-0.2, -0.15) is 0 Å². The van der Waals surface area contributed by atoms with E-state index >= 15 is 0 Å². The number of hydrogen-bond donors (Lipinski definition) is 2. The van der Waals surface area contributed by atoms with Crippen molar-refractivity contribution in [3.05, 3.63) is 23.8 Å². The summed E-state index contributed by atoms with van der Waals surface area (Å²) in [6.07, 6.45) is -0.0951. The number of aliphatic hydroxyl groups is 1. The van der Waals surface area contributed by atoms with Gasteiger partial charge in [-0.05, 0) is 17.7 Å². The SMILES string of the molecule is O=C1CCN(CC(O)COCc2ccc3c(c2)OCO3)CCN1. The summed E-state index contributed by atoms with van der Waals surface area (Å²) in [5, 5.41) is 12.9. The van der Waals surface area contributed by atoms with E-state index in [0.29, 0.717) is 32.7 Å². The number of ether oxygens (including phenoxy) is 3. The summed E-state index contributed by atoms with van der Waals surface area (Å²) in [4.78, 5) is 13.4. The molecular weight excluding hydrogens is 300 g/mol. The molecule has 7 heteroatoms. The molecule has 23 heavy (non-hydrogen) atoms. The lowest BCUT2D eigenvalue weighted by molar-refractivity contribution is -0.120. The molecule has 0 radical (unpaired) electrons. The maximum absolute atomic E-state index is 11.3. The number of benzene rings is 1. The van der Waals surface area contributed by atoms with Crippen molar-refractivity contribution in [1.29, 1.82) is 0 Å². The maximum atomic E-state index is 11.3. The van der Waals surface area contributed by atoms with Crippen molar-refractivity contribution in [2.45, 2.75) is 19.1 Å². The molecule has 1 fully saturated rings. The Morgan fingerprint density at radius 2 is 2.17 bits per heavy atom. The molecule has 0 aromatic heterocycles. The Kier molecular flexibility index (Phi) is 5.32. The smallest absolute Gasteiger partial charge is 0.231 e. The normalized spacial score (nSPS) is 19.3. The van der Waals surface area contributed by atoms with Crippen LogP contribution in [-0.2, 0) is 16.1 Å². The molecule has 0 spiro atoms. The molecule has 126 valence electrons. The van der Waals surface area contributed by atoms with Crippen molar-refractivity contribution in [2.24, 2.45) is 0 Å². The molecule has 2 aliphatic rings. The standard InChI is InChI=1S/C16H22N2O5/c19-13(8-18-5-3-16(20)17-4-6-18)10-21-9-12-1-2-14-15(7-12)23-11-22-14/h1-2,7,13,19H,3-6,8-11H2,(H,17,20). The molecular formula is C16H22N2O5. The Morgan fingerprint density at radius 1 is 1.30 bits per heavy atom. The van der Waals surface area contributed by atoms with Gasteiger partial charge in [-0.3, -0.25) is 9.69 Å². The Balaban J connectivity index is 1.39. The number of hydrogen-bond acceptors (Lipinski definition) is 6. The molecule has 1 aromatic rings. The Hall–Kier alpha value is -1.83. The highest BCUT2D eigenvalue weighted by molar-refractivity contribution is 5.76. The summed E-state index contributed by atoms with van der Waals surface area (Å²) in [5.41, 5.74) is 0.978. The maximum Gasteiger partial charge on any atom is 0.231 e. The van der Waals surface area contributed by atoms with Crippen LogP contribution in [-0.4, -0.2) is 61.6 Å². The first-order chi connectivity index (χ1) is 11.2. The molecule has 2 heterocycles. The van der Waals surface area contributed by atoms with Crippen LogP contribution in [0.25, 0.3) is 0 Å². The minimum Gasteiger partial charge on any atom is -0.454 e. The Labute approximate surface area is 135 Å². The average Bonchev–Trinajstić information content (AvgIpc) is 2.91. The second-order valence-electron chi connectivity index (χ2n) is 5.76. The molecule has 1 saturated heterocycles. The van der Waals surface area contributed by atoms with E-state index in [1.807, 2.05) is 18.2 Å². The number of amides is 1. The van der Waals surface area contributed by atoms with Gasteiger partial charge in [0.15, 0.2) is 11.5 Å². The number of nitrogens with one attached hydrogen (secondary N) is 1. The van der Waals surface area contributed by atoms with Crippen LogP contribution in [0.5, 0.6) is 11.5 Å². The van der Waals surface area contributed by atoms with Crippen LogP contribution in [0, 0.1) is 0 Å². The summed E-state index contributed by atoms with van der Waals surface area (Å²) in [5.74, 6) is 1.55. The number of carbonyl (C=O) groups is 1. The van der Waals surface area contributed by atoms with E-state index < -0.39 is 6.10 Å². The Bertz CT molecular complexity index is 551. The first kappa shape index (κ1) is 16.0. The van der Waals surface area contributed by atoms with E-state index in [2.05, 4.69) is 10.2 Å². The van der Waals surface area contributed by atoms with Crippen molar-refractivity contribution >= 4 is 5.91 Å². The van der Waals surface area contributed by atoms with Gasteiger partial charge in [-0.15, -0.1) is 0 Å². The number of aliphatic hydroxyl groups excluding tert-OH is 1. The first-order valence-electron chi connectivity index (χ1n) is 7.84. The summed E-state index contributed by atoms with van der Waals surface area (Å²) in [7, 11) is 0. The van der Waals surface area contributed by atoms with E-state index in [-0.39, 0.29) is 19.3 Å². The second-order valence-corrected chi connectivity index (χ2v) is 5.76. The molecule has 0 aliphatic carbocycles. The zero-order valence-corrected chi connectivity index (χ0v) is 13.0. The zero-order chi connectivity index (χ0) is 16.1. The van der Waals surface area contributed by atoms with Crippen LogP contribution in [0.15, 0.2) is 18.2 Å². The molecule has 1 aromatic carbocycles. The minimum atomic E-state index is -0.572. The van der Waals surface area contributed by atoms with Crippen LogP contribution in [0.2, 0.25) is 0 Å². The minimum absolute atomic E-state index is 0.0704. The lowest BCUT2D eigenvalue weighted by Gasteiger charge is -2.22. The third kappa shape index (κ3) is 4.57. The summed E-state index contributed by atoms with van der Waals surface area (Å²) in [6.45, 7) is 3.49. The van der Waals surface area contributed by atoms with E-state index in [0.717, 1.165) is 23.6 Å². The highest BCUT2D eigenvalue weighted by atomic mass is 16.7. The number of nitrogens with zero attached hydrogens (tertiary/aromatic N) is 1. The predicted octanol–water partition coefficient (Wildman–Crippen LogP) is 0.115. The summed E-state index contributed by atoms with van der Waals surface area (Å²) >= 11 is 0. The highest BCUT2D eigenvalue weighted by Crippen LogP contribution is 2.32. The number of fused-ring (bicyclic) bond motifs is 1. The third-order valence-corrected chi connectivity index (χ3v) is 3.89. The van der Waals surface area contributed by atoms with Crippen molar-refractivity contribution in [2.75, 3.05) is 39.6 Å². The molecule has 7 nitrogen and oxygen atoms in total. The van der Waals surface area contributed by atoms with Crippen LogP contribution in [0.3, 0.4) is 0 Å². The van der Waals surface area contributed by atoms with Gasteiger partial charge in [0, 0.05) is 32.6 Å². The van der Waals surface area contributed by atoms with E-state index in [1.54, 1.807) is 0 Å². The number of carbonyl (C=O) groups excluding carboxylic acids is 1. The molecule has 2 aliphatic heterocycles. The zero-order valence-electron chi connectivity index (χ0n) is 13.0. The molecule has 1 unspecified atom stereocenters. The van der Waals surface area contributed by atoms with Gasteiger partial charge in [0.2, 0.25) is 12.7 Å². The molecule has 1 amide bonds. The van der Waals surface area contributed by atoms with E-state index in [4.69, 9.17) is 14.2 Å². The van der Waals surface area contributed by atoms with Crippen LogP contribution < -0.4 is 14.8 Å². The lowest BCUT2D eigenvalue weighted by atomic mass is 10.2. The number of rotatable bonds is 6. The monoisotopic (exact) mass is 322 g/mol. The largest absolute Gasteiger partial charge is 0.454 e. The van der Waals surface area contributed by atoms with Gasteiger partial charge >= 0.3 is 0 Å².